The molecule has 1 aromatic rings. The number of hydrogen-bond acceptors (Lipinski definition) is 4. The molecule has 0 spiro atoms. The molecular formula is C11H16N2O2. The van der Waals surface area contributed by atoms with Crippen LogP contribution < -0.4 is 10.1 Å². The van der Waals surface area contributed by atoms with Gasteiger partial charge >= 0.3 is 0 Å². The molecule has 1 heterocycles. The predicted molar refractivity (Wildman–Crippen MR) is 58.0 cm³/mol. The first-order valence-corrected chi connectivity index (χ1v) is 5.13. The first kappa shape index (κ1) is 10.2. The van der Waals surface area contributed by atoms with Crippen molar-refractivity contribution in [1.82, 2.24) is 4.98 Å². The summed E-state index contributed by atoms with van der Waals surface area (Å²) in [5.41, 5.74) is 0.0858. The molecule has 0 aromatic carbocycles. The van der Waals surface area contributed by atoms with Gasteiger partial charge in [0.2, 0.25) is 0 Å². The van der Waals surface area contributed by atoms with Crippen molar-refractivity contribution in [2.45, 2.75) is 12.8 Å². The number of anilines is 1. The standard InChI is InChI=1S/C11H16N2O2/c1-15-9-3-2-6-12-10(9)13-7-11(8-14)4-5-11/h2-3,6,14H,4-5,7-8H2,1H3,(H,12,13). The van der Waals surface area contributed by atoms with Crippen molar-refractivity contribution in [3.8, 4) is 5.75 Å². The fourth-order valence-electron chi connectivity index (χ4n) is 1.53. The molecule has 15 heavy (non-hydrogen) atoms. The van der Waals surface area contributed by atoms with Crippen LogP contribution in [0.1, 0.15) is 12.8 Å². The lowest BCUT2D eigenvalue weighted by Crippen LogP contribution is -2.19. The number of rotatable bonds is 5. The van der Waals surface area contributed by atoms with E-state index in [4.69, 9.17) is 9.84 Å². The van der Waals surface area contributed by atoms with Crippen molar-refractivity contribution in [2.24, 2.45) is 5.41 Å². The molecular weight excluding hydrogens is 192 g/mol. The van der Waals surface area contributed by atoms with Crippen molar-refractivity contribution < 1.29 is 9.84 Å². The third kappa shape index (κ3) is 2.21. The van der Waals surface area contributed by atoms with E-state index in [2.05, 4.69) is 10.3 Å². The number of ether oxygens (including phenoxy) is 1. The number of nitrogens with zero attached hydrogens (tertiary/aromatic N) is 1. The lowest BCUT2D eigenvalue weighted by molar-refractivity contribution is 0.219. The second-order valence-corrected chi connectivity index (χ2v) is 4.07. The van der Waals surface area contributed by atoms with Crippen LogP contribution in [0.25, 0.3) is 0 Å². The number of hydrogen-bond donors (Lipinski definition) is 2. The quantitative estimate of drug-likeness (QED) is 0.765. The van der Waals surface area contributed by atoms with Crippen molar-refractivity contribution in [3.63, 3.8) is 0 Å². The van der Waals surface area contributed by atoms with Crippen LogP contribution in [0.3, 0.4) is 0 Å². The van der Waals surface area contributed by atoms with Crippen molar-refractivity contribution in [2.75, 3.05) is 25.6 Å². The van der Waals surface area contributed by atoms with Gasteiger partial charge in [0.1, 0.15) is 0 Å². The van der Waals surface area contributed by atoms with E-state index in [0.29, 0.717) is 0 Å². The Morgan fingerprint density at radius 2 is 2.40 bits per heavy atom. The maximum atomic E-state index is 9.17. The summed E-state index contributed by atoms with van der Waals surface area (Å²) in [5.74, 6) is 1.49. The lowest BCUT2D eigenvalue weighted by atomic mass is 10.1. The van der Waals surface area contributed by atoms with Gasteiger partial charge in [-0.25, -0.2) is 4.98 Å². The summed E-state index contributed by atoms with van der Waals surface area (Å²) in [6.45, 7) is 1.01. The minimum Gasteiger partial charge on any atom is -0.493 e. The highest BCUT2D eigenvalue weighted by molar-refractivity contribution is 5.49. The van der Waals surface area contributed by atoms with E-state index in [1.165, 1.54) is 0 Å². The Labute approximate surface area is 89.3 Å². The minimum absolute atomic E-state index is 0.0858. The van der Waals surface area contributed by atoms with Gasteiger partial charge in [-0.15, -0.1) is 0 Å². The van der Waals surface area contributed by atoms with Crippen molar-refractivity contribution in [3.05, 3.63) is 18.3 Å². The zero-order valence-corrected chi connectivity index (χ0v) is 8.86. The highest BCUT2D eigenvalue weighted by Gasteiger charge is 2.41. The smallest absolute Gasteiger partial charge is 0.168 e. The van der Waals surface area contributed by atoms with Gasteiger partial charge in [-0.1, -0.05) is 0 Å². The Balaban J connectivity index is 1.98. The highest BCUT2D eigenvalue weighted by Crippen LogP contribution is 2.45. The van der Waals surface area contributed by atoms with E-state index in [1.807, 2.05) is 12.1 Å². The second-order valence-electron chi connectivity index (χ2n) is 4.07. The molecule has 4 nitrogen and oxygen atoms in total. The van der Waals surface area contributed by atoms with Crippen LogP contribution >= 0.6 is 0 Å². The van der Waals surface area contributed by atoms with Crippen molar-refractivity contribution >= 4 is 5.82 Å². The maximum Gasteiger partial charge on any atom is 0.168 e. The molecule has 4 heteroatoms. The molecule has 1 aliphatic rings. The summed E-state index contributed by atoms with van der Waals surface area (Å²) >= 11 is 0. The Morgan fingerprint density at radius 1 is 1.60 bits per heavy atom. The number of aliphatic hydroxyl groups excluding tert-OH is 1. The number of methoxy groups -OCH3 is 1. The van der Waals surface area contributed by atoms with Crippen LogP contribution in [0.5, 0.6) is 5.75 Å². The highest BCUT2D eigenvalue weighted by atomic mass is 16.5. The van der Waals surface area contributed by atoms with Crippen LogP contribution in [-0.4, -0.2) is 30.4 Å². The average molecular weight is 208 g/mol. The van der Waals surface area contributed by atoms with E-state index < -0.39 is 0 Å². The van der Waals surface area contributed by atoms with E-state index in [1.54, 1.807) is 13.3 Å². The molecule has 82 valence electrons. The van der Waals surface area contributed by atoms with Gasteiger partial charge in [-0.3, -0.25) is 0 Å². The SMILES string of the molecule is COc1cccnc1NCC1(CO)CC1. The molecule has 1 saturated carbocycles. The Morgan fingerprint density at radius 3 is 3.00 bits per heavy atom. The Hall–Kier alpha value is -1.29. The maximum absolute atomic E-state index is 9.17. The molecule has 0 atom stereocenters. The molecule has 0 aliphatic heterocycles. The molecule has 2 rings (SSSR count). The summed E-state index contributed by atoms with van der Waals surface area (Å²) in [6, 6.07) is 3.71. The first-order chi connectivity index (χ1) is 7.29. The van der Waals surface area contributed by atoms with E-state index in [9.17, 15) is 0 Å². The zero-order chi connectivity index (χ0) is 10.7. The van der Waals surface area contributed by atoms with Crippen LogP contribution in [0, 0.1) is 5.41 Å². The van der Waals surface area contributed by atoms with Crippen LogP contribution in [0.2, 0.25) is 0 Å². The first-order valence-electron chi connectivity index (χ1n) is 5.13. The third-order valence-electron chi connectivity index (χ3n) is 2.91. The Bertz CT molecular complexity index is 337. The molecule has 0 saturated heterocycles. The van der Waals surface area contributed by atoms with Crippen molar-refractivity contribution in [1.29, 1.82) is 0 Å². The zero-order valence-electron chi connectivity index (χ0n) is 8.86. The van der Waals surface area contributed by atoms with Gasteiger partial charge in [0.25, 0.3) is 0 Å². The minimum atomic E-state index is 0.0858. The van der Waals surface area contributed by atoms with Gasteiger partial charge in [0, 0.05) is 18.2 Å². The molecule has 0 radical (unpaired) electrons. The number of aromatic nitrogens is 1. The summed E-state index contributed by atoms with van der Waals surface area (Å²) in [6.07, 6.45) is 3.90. The van der Waals surface area contributed by atoms with Gasteiger partial charge in [-0.2, -0.15) is 0 Å². The molecule has 1 fully saturated rings. The lowest BCUT2D eigenvalue weighted by Gasteiger charge is -2.14. The normalized spacial score (nSPS) is 17.2. The largest absolute Gasteiger partial charge is 0.493 e. The van der Waals surface area contributed by atoms with E-state index in [-0.39, 0.29) is 12.0 Å². The fraction of sp³-hybridized carbons (Fsp3) is 0.545. The van der Waals surface area contributed by atoms with Crippen LogP contribution in [0.15, 0.2) is 18.3 Å². The van der Waals surface area contributed by atoms with Crippen LogP contribution in [0.4, 0.5) is 5.82 Å². The number of nitrogens with one attached hydrogen (secondary N) is 1. The van der Waals surface area contributed by atoms with Gasteiger partial charge in [0.15, 0.2) is 11.6 Å². The summed E-state index contributed by atoms with van der Waals surface area (Å²) in [7, 11) is 1.63. The molecule has 0 bridgehead atoms. The van der Waals surface area contributed by atoms with Gasteiger partial charge in [-0.05, 0) is 25.0 Å². The second kappa shape index (κ2) is 4.06. The Kier molecular flexibility index (Phi) is 2.77. The molecule has 0 unspecified atom stereocenters. The monoisotopic (exact) mass is 208 g/mol. The topological polar surface area (TPSA) is 54.4 Å². The van der Waals surface area contributed by atoms with E-state index in [0.717, 1.165) is 31.0 Å². The van der Waals surface area contributed by atoms with Gasteiger partial charge < -0.3 is 15.2 Å². The van der Waals surface area contributed by atoms with Crippen LogP contribution in [-0.2, 0) is 0 Å². The molecule has 0 amide bonds. The van der Waals surface area contributed by atoms with E-state index >= 15 is 0 Å². The van der Waals surface area contributed by atoms with Gasteiger partial charge in [0.05, 0.1) is 13.7 Å². The summed E-state index contributed by atoms with van der Waals surface area (Å²) in [4.78, 5) is 4.20. The molecule has 2 N–H and O–H groups in total. The third-order valence-corrected chi connectivity index (χ3v) is 2.91. The fourth-order valence-corrected chi connectivity index (χ4v) is 1.53. The number of aliphatic hydroxyl groups is 1. The summed E-state index contributed by atoms with van der Waals surface area (Å²) in [5, 5.41) is 12.4. The molecule has 1 aromatic heterocycles. The number of pyridine rings is 1. The average Bonchev–Trinajstić information content (AvgIpc) is 3.07. The molecule has 1 aliphatic carbocycles. The summed E-state index contributed by atoms with van der Waals surface area (Å²) < 4.78 is 5.18. The predicted octanol–water partition coefficient (Wildman–Crippen LogP) is 1.27.